The third-order valence-electron chi connectivity index (χ3n) is 4.97. The molecule has 2 aromatic heterocycles. The number of hydrogen-bond donors (Lipinski definition) is 1. The van der Waals surface area contributed by atoms with Gasteiger partial charge in [0.2, 0.25) is 0 Å². The van der Waals surface area contributed by atoms with E-state index in [1.807, 2.05) is 36.4 Å². The van der Waals surface area contributed by atoms with Gasteiger partial charge in [-0.3, -0.25) is 0 Å². The molecule has 0 atom stereocenters. The van der Waals surface area contributed by atoms with Crippen LogP contribution in [0.2, 0.25) is 0 Å². The van der Waals surface area contributed by atoms with Crippen LogP contribution in [0.25, 0.3) is 16.9 Å². The summed E-state index contributed by atoms with van der Waals surface area (Å²) >= 11 is 0. The molecule has 3 nitrogen and oxygen atoms in total. The van der Waals surface area contributed by atoms with E-state index in [1.54, 1.807) is 0 Å². The first-order chi connectivity index (χ1) is 12.9. The molecule has 0 saturated heterocycles. The third-order valence-corrected chi connectivity index (χ3v) is 4.97. The van der Waals surface area contributed by atoms with Crippen LogP contribution in [0.3, 0.4) is 0 Å². The van der Waals surface area contributed by atoms with Crippen molar-refractivity contribution in [1.82, 2.24) is 9.38 Å². The molecular weight excluding hydrogens is 374 g/mol. The minimum atomic E-state index is 0. The van der Waals surface area contributed by atoms with Gasteiger partial charge in [-0.15, -0.1) is 12.1 Å². The van der Waals surface area contributed by atoms with Crippen molar-refractivity contribution in [3.05, 3.63) is 79.0 Å². The standard InChI is InChI=1S/C18H20N3.C5H5.Fe/c1-2-10-15(11-3-1)19-18-17(14-8-4-5-9-14)20-16-12-6-7-13-21(16)18;1-2-4-5-3-1;/h4-9,12-13,15,19H,1-3,10-11H2;1-5H;/q2*-1;+2. The Labute approximate surface area is 171 Å². The van der Waals surface area contributed by atoms with E-state index >= 15 is 0 Å². The van der Waals surface area contributed by atoms with E-state index < -0.39 is 0 Å². The van der Waals surface area contributed by atoms with Crippen LogP contribution in [0.4, 0.5) is 5.82 Å². The van der Waals surface area contributed by atoms with Crippen LogP contribution >= 0.6 is 0 Å². The number of fused-ring (bicyclic) bond motifs is 1. The Morgan fingerprint density at radius 1 is 0.963 bits per heavy atom. The van der Waals surface area contributed by atoms with Gasteiger partial charge in [0.15, 0.2) is 0 Å². The molecule has 4 heteroatoms. The van der Waals surface area contributed by atoms with Gasteiger partial charge < -0.3 is 9.72 Å². The summed E-state index contributed by atoms with van der Waals surface area (Å²) in [4.78, 5) is 4.82. The molecule has 0 bridgehead atoms. The summed E-state index contributed by atoms with van der Waals surface area (Å²) in [6.45, 7) is 0. The average molecular weight is 399 g/mol. The van der Waals surface area contributed by atoms with E-state index in [0.717, 1.165) is 17.2 Å². The van der Waals surface area contributed by atoms with Gasteiger partial charge in [0.05, 0.1) is 5.82 Å². The topological polar surface area (TPSA) is 29.3 Å². The summed E-state index contributed by atoms with van der Waals surface area (Å²) in [5.41, 5.74) is 3.26. The average Bonchev–Trinajstić information content (AvgIpc) is 3.46. The van der Waals surface area contributed by atoms with Crippen molar-refractivity contribution < 1.29 is 17.1 Å². The number of nitrogens with zero attached hydrogens (tertiary/aromatic N) is 2. The molecule has 0 amide bonds. The predicted molar refractivity (Wildman–Crippen MR) is 109 cm³/mol. The number of nitrogens with one attached hydrogen (secondary N) is 1. The molecular formula is C23H25FeN3. The SMILES string of the molecule is [Fe+2].c1cc[cH-]c1.c1ccn2c(NC3CCCCC3)c(-[c-]3cccc3)nc2c1. The number of rotatable bonds is 3. The Kier molecular flexibility index (Phi) is 6.91. The smallest absolute Gasteiger partial charge is 0.405 e. The van der Waals surface area contributed by atoms with Crippen molar-refractivity contribution in [2.75, 3.05) is 5.32 Å². The fourth-order valence-corrected chi connectivity index (χ4v) is 3.63. The van der Waals surface area contributed by atoms with Gasteiger partial charge in [0.1, 0.15) is 5.65 Å². The molecule has 27 heavy (non-hydrogen) atoms. The maximum absolute atomic E-state index is 4.82. The summed E-state index contributed by atoms with van der Waals surface area (Å²) in [5, 5.41) is 3.76. The predicted octanol–water partition coefficient (Wildman–Crippen LogP) is 5.87. The summed E-state index contributed by atoms with van der Waals surface area (Å²) in [6, 6.07) is 25.2. The van der Waals surface area contributed by atoms with Crippen LogP contribution in [-0.4, -0.2) is 15.4 Å². The Bertz CT molecular complexity index is 883. The molecule has 0 radical (unpaired) electrons. The normalized spacial score (nSPS) is 14.2. The first-order valence-electron chi connectivity index (χ1n) is 9.54. The zero-order valence-corrected chi connectivity index (χ0v) is 16.5. The van der Waals surface area contributed by atoms with E-state index in [0.29, 0.717) is 6.04 Å². The molecule has 140 valence electrons. The minimum Gasteiger partial charge on any atom is -0.405 e. The molecule has 2 aromatic carbocycles. The summed E-state index contributed by atoms with van der Waals surface area (Å²) in [5.74, 6) is 1.14. The van der Waals surface area contributed by atoms with Crippen LogP contribution in [0, 0.1) is 0 Å². The summed E-state index contributed by atoms with van der Waals surface area (Å²) in [7, 11) is 0. The van der Waals surface area contributed by atoms with E-state index in [2.05, 4.69) is 52.3 Å². The number of pyridine rings is 1. The Morgan fingerprint density at radius 3 is 2.37 bits per heavy atom. The zero-order valence-electron chi connectivity index (χ0n) is 15.4. The van der Waals surface area contributed by atoms with Gasteiger partial charge >= 0.3 is 17.1 Å². The molecule has 1 N–H and O–H groups in total. The number of aromatic nitrogens is 2. The first kappa shape index (κ1) is 19.5. The van der Waals surface area contributed by atoms with Crippen LogP contribution in [0.5, 0.6) is 0 Å². The van der Waals surface area contributed by atoms with E-state index in [4.69, 9.17) is 4.98 Å². The van der Waals surface area contributed by atoms with E-state index in [-0.39, 0.29) is 17.1 Å². The quantitative estimate of drug-likeness (QED) is 0.345. The van der Waals surface area contributed by atoms with Gasteiger partial charge in [-0.25, -0.2) is 17.1 Å². The van der Waals surface area contributed by atoms with Gasteiger partial charge in [-0.2, -0.15) is 30.3 Å². The van der Waals surface area contributed by atoms with Gasteiger partial charge in [0.25, 0.3) is 0 Å². The molecule has 1 aliphatic rings. The van der Waals surface area contributed by atoms with Gasteiger partial charge in [-0.1, -0.05) is 30.9 Å². The minimum absolute atomic E-state index is 0. The summed E-state index contributed by atoms with van der Waals surface area (Å²) in [6.07, 6.45) is 8.67. The molecule has 0 aliphatic heterocycles. The fraction of sp³-hybridized carbons (Fsp3) is 0.261. The number of anilines is 1. The number of imidazole rings is 1. The van der Waals surface area contributed by atoms with Crippen LogP contribution in [0.15, 0.2) is 79.0 Å². The maximum atomic E-state index is 4.82. The Morgan fingerprint density at radius 2 is 1.70 bits per heavy atom. The van der Waals surface area contributed by atoms with Crippen molar-refractivity contribution in [3.8, 4) is 11.3 Å². The van der Waals surface area contributed by atoms with Gasteiger partial charge in [-0.05, 0) is 25.0 Å². The van der Waals surface area contributed by atoms with Crippen molar-refractivity contribution >= 4 is 11.5 Å². The third kappa shape index (κ3) is 4.71. The second kappa shape index (κ2) is 9.59. The maximum Gasteiger partial charge on any atom is 2.00 e. The molecule has 0 spiro atoms. The second-order valence-corrected chi connectivity index (χ2v) is 6.85. The van der Waals surface area contributed by atoms with Crippen molar-refractivity contribution in [3.63, 3.8) is 0 Å². The molecule has 1 saturated carbocycles. The summed E-state index contributed by atoms with van der Waals surface area (Å²) < 4.78 is 2.18. The monoisotopic (exact) mass is 399 g/mol. The van der Waals surface area contributed by atoms with Crippen LogP contribution in [0.1, 0.15) is 32.1 Å². The zero-order chi connectivity index (χ0) is 17.6. The van der Waals surface area contributed by atoms with E-state index in [9.17, 15) is 0 Å². The van der Waals surface area contributed by atoms with Gasteiger partial charge in [0, 0.05) is 17.9 Å². The largest absolute Gasteiger partial charge is 2.00 e. The molecule has 4 aromatic rings. The molecule has 0 unspecified atom stereocenters. The number of hydrogen-bond acceptors (Lipinski definition) is 2. The fourth-order valence-electron chi connectivity index (χ4n) is 3.63. The first-order valence-corrected chi connectivity index (χ1v) is 9.54. The van der Waals surface area contributed by atoms with Crippen molar-refractivity contribution in [1.29, 1.82) is 0 Å². The van der Waals surface area contributed by atoms with E-state index in [1.165, 1.54) is 37.7 Å². The van der Waals surface area contributed by atoms with Crippen molar-refractivity contribution in [2.45, 2.75) is 38.1 Å². The Hall–Kier alpha value is -2.29. The second-order valence-electron chi connectivity index (χ2n) is 6.85. The molecule has 1 fully saturated rings. The molecule has 1 aliphatic carbocycles. The van der Waals surface area contributed by atoms with Crippen LogP contribution in [-0.2, 0) is 17.1 Å². The molecule has 5 rings (SSSR count). The van der Waals surface area contributed by atoms with Crippen LogP contribution < -0.4 is 5.32 Å². The Balaban J connectivity index is 0.000000306. The van der Waals surface area contributed by atoms with Crippen molar-refractivity contribution in [2.24, 2.45) is 0 Å². The molecule has 2 heterocycles.